The molecular formula is C17H18N2O3. The summed E-state index contributed by atoms with van der Waals surface area (Å²) < 4.78 is 10.3. The lowest BCUT2D eigenvalue weighted by Crippen LogP contribution is -2.21. The van der Waals surface area contributed by atoms with Crippen molar-refractivity contribution in [3.05, 3.63) is 59.7 Å². The molecule has 0 radical (unpaired) electrons. The van der Waals surface area contributed by atoms with E-state index >= 15 is 0 Å². The number of carbonyl (C=O) groups excluding carboxylic acids is 1. The molecule has 2 atom stereocenters. The second-order valence-electron chi connectivity index (χ2n) is 5.12. The van der Waals surface area contributed by atoms with Crippen LogP contribution in [-0.4, -0.2) is 20.3 Å². The lowest BCUT2D eigenvalue weighted by molar-refractivity contribution is 0.247. The highest BCUT2D eigenvalue weighted by Crippen LogP contribution is 2.33. The molecule has 3 rings (SSSR count). The molecule has 0 spiro atoms. The molecule has 5 heteroatoms. The van der Waals surface area contributed by atoms with Gasteiger partial charge in [0.2, 0.25) is 0 Å². The predicted molar refractivity (Wildman–Crippen MR) is 83.1 cm³/mol. The maximum absolute atomic E-state index is 11.8. The van der Waals surface area contributed by atoms with Gasteiger partial charge in [0, 0.05) is 0 Å². The van der Waals surface area contributed by atoms with Crippen LogP contribution in [0.1, 0.15) is 23.2 Å². The fourth-order valence-corrected chi connectivity index (χ4v) is 2.66. The van der Waals surface area contributed by atoms with E-state index in [1.807, 2.05) is 48.5 Å². The van der Waals surface area contributed by atoms with E-state index in [9.17, 15) is 4.79 Å². The molecule has 0 saturated carbocycles. The summed E-state index contributed by atoms with van der Waals surface area (Å²) >= 11 is 0. The zero-order chi connectivity index (χ0) is 15.5. The third-order valence-corrected chi connectivity index (χ3v) is 3.86. The highest BCUT2D eigenvalue weighted by molar-refractivity contribution is 5.78. The molecule has 2 amide bonds. The van der Waals surface area contributed by atoms with E-state index in [1.54, 1.807) is 14.2 Å². The van der Waals surface area contributed by atoms with Crippen LogP contribution in [0.25, 0.3) is 0 Å². The molecule has 1 fully saturated rings. The number of urea groups is 1. The van der Waals surface area contributed by atoms with Crippen molar-refractivity contribution in [2.24, 2.45) is 0 Å². The maximum atomic E-state index is 11.8. The topological polar surface area (TPSA) is 59.6 Å². The van der Waals surface area contributed by atoms with Gasteiger partial charge < -0.3 is 20.1 Å². The number of carbonyl (C=O) groups is 1. The molecule has 1 aliphatic rings. The molecule has 0 aliphatic carbocycles. The molecule has 2 aromatic carbocycles. The van der Waals surface area contributed by atoms with Crippen LogP contribution in [0, 0.1) is 0 Å². The van der Waals surface area contributed by atoms with Crippen LogP contribution in [-0.2, 0) is 0 Å². The van der Waals surface area contributed by atoms with Gasteiger partial charge in [-0.3, -0.25) is 0 Å². The van der Waals surface area contributed by atoms with Crippen LogP contribution in [0.5, 0.6) is 11.5 Å². The molecule has 0 bridgehead atoms. The van der Waals surface area contributed by atoms with Gasteiger partial charge in [-0.05, 0) is 35.4 Å². The van der Waals surface area contributed by atoms with Crippen LogP contribution < -0.4 is 20.1 Å². The van der Waals surface area contributed by atoms with Crippen molar-refractivity contribution >= 4 is 6.03 Å². The Labute approximate surface area is 129 Å². The van der Waals surface area contributed by atoms with Gasteiger partial charge in [0.15, 0.2) is 0 Å². The summed E-state index contributed by atoms with van der Waals surface area (Å²) in [6.45, 7) is 0. The number of methoxy groups -OCH3 is 2. The van der Waals surface area contributed by atoms with Gasteiger partial charge in [0.05, 0.1) is 26.3 Å². The van der Waals surface area contributed by atoms with Crippen molar-refractivity contribution in [1.82, 2.24) is 10.6 Å². The summed E-state index contributed by atoms with van der Waals surface area (Å²) in [6, 6.07) is 15.0. The monoisotopic (exact) mass is 298 g/mol. The van der Waals surface area contributed by atoms with E-state index in [1.165, 1.54) is 0 Å². The fraction of sp³-hybridized carbons (Fsp3) is 0.235. The summed E-state index contributed by atoms with van der Waals surface area (Å²) in [4.78, 5) is 11.8. The Morgan fingerprint density at radius 2 is 1.09 bits per heavy atom. The van der Waals surface area contributed by atoms with E-state index in [-0.39, 0.29) is 18.1 Å². The zero-order valence-electron chi connectivity index (χ0n) is 12.5. The second kappa shape index (κ2) is 5.97. The van der Waals surface area contributed by atoms with Gasteiger partial charge in [0.1, 0.15) is 11.5 Å². The molecule has 2 aromatic rings. The van der Waals surface area contributed by atoms with Crippen LogP contribution >= 0.6 is 0 Å². The Morgan fingerprint density at radius 3 is 1.41 bits per heavy atom. The average molecular weight is 298 g/mol. The van der Waals surface area contributed by atoms with E-state index in [0.717, 1.165) is 22.6 Å². The highest BCUT2D eigenvalue weighted by atomic mass is 16.5. The molecule has 5 nitrogen and oxygen atoms in total. The van der Waals surface area contributed by atoms with Gasteiger partial charge in [-0.2, -0.15) is 0 Å². The van der Waals surface area contributed by atoms with Crippen LogP contribution in [0.2, 0.25) is 0 Å². The summed E-state index contributed by atoms with van der Waals surface area (Å²) in [6.07, 6.45) is 0. The number of rotatable bonds is 4. The number of benzene rings is 2. The Balaban J connectivity index is 1.88. The normalized spacial score (nSPS) is 20.2. The van der Waals surface area contributed by atoms with Crippen molar-refractivity contribution in [2.75, 3.05) is 14.2 Å². The minimum atomic E-state index is -0.165. The first-order chi connectivity index (χ1) is 10.7. The smallest absolute Gasteiger partial charge is 0.315 e. The van der Waals surface area contributed by atoms with E-state index in [4.69, 9.17) is 9.47 Å². The number of nitrogens with one attached hydrogen (secondary N) is 2. The molecule has 0 aromatic heterocycles. The number of hydrogen-bond donors (Lipinski definition) is 2. The SMILES string of the molecule is COc1ccc([C@H]2NC(=O)N[C@@H]2c2ccc(OC)cc2)cc1. The molecule has 1 aliphatic heterocycles. The molecule has 1 heterocycles. The minimum absolute atomic E-state index is 0.119. The van der Waals surface area contributed by atoms with Crippen molar-refractivity contribution in [1.29, 1.82) is 0 Å². The lowest BCUT2D eigenvalue weighted by Gasteiger charge is -2.19. The standard InChI is InChI=1S/C17H18N2O3/c1-21-13-7-3-11(4-8-13)15-16(19-17(20)18-15)12-5-9-14(22-2)10-6-12/h3-10,15-16H,1-2H3,(H2,18,19,20)/t15-,16-/m1/s1. The Morgan fingerprint density at radius 1 is 0.727 bits per heavy atom. The van der Waals surface area contributed by atoms with Gasteiger partial charge in [-0.1, -0.05) is 24.3 Å². The molecule has 1 saturated heterocycles. The largest absolute Gasteiger partial charge is 0.497 e. The summed E-state index contributed by atoms with van der Waals surface area (Å²) in [5, 5.41) is 5.93. The van der Waals surface area contributed by atoms with Crippen molar-refractivity contribution in [3.8, 4) is 11.5 Å². The molecule has 22 heavy (non-hydrogen) atoms. The minimum Gasteiger partial charge on any atom is -0.497 e. The van der Waals surface area contributed by atoms with Crippen molar-refractivity contribution in [2.45, 2.75) is 12.1 Å². The Bertz CT molecular complexity index is 595. The summed E-state index contributed by atoms with van der Waals surface area (Å²) in [5.74, 6) is 1.59. The molecule has 2 N–H and O–H groups in total. The van der Waals surface area contributed by atoms with E-state index in [0.29, 0.717) is 0 Å². The number of hydrogen-bond acceptors (Lipinski definition) is 3. The van der Waals surface area contributed by atoms with Gasteiger partial charge in [0.25, 0.3) is 0 Å². The summed E-state index contributed by atoms with van der Waals surface area (Å²) in [7, 11) is 3.27. The number of amides is 2. The third-order valence-electron chi connectivity index (χ3n) is 3.86. The quantitative estimate of drug-likeness (QED) is 0.912. The first-order valence-electron chi connectivity index (χ1n) is 7.06. The van der Waals surface area contributed by atoms with E-state index < -0.39 is 0 Å². The van der Waals surface area contributed by atoms with Gasteiger partial charge in [-0.15, -0.1) is 0 Å². The van der Waals surface area contributed by atoms with Gasteiger partial charge in [-0.25, -0.2) is 4.79 Å². The first-order valence-corrected chi connectivity index (χ1v) is 7.06. The summed E-state index contributed by atoms with van der Waals surface area (Å²) in [5.41, 5.74) is 2.06. The van der Waals surface area contributed by atoms with E-state index in [2.05, 4.69) is 10.6 Å². The fourth-order valence-electron chi connectivity index (χ4n) is 2.66. The van der Waals surface area contributed by atoms with Crippen molar-refractivity contribution in [3.63, 3.8) is 0 Å². The Hall–Kier alpha value is -2.69. The Kier molecular flexibility index (Phi) is 3.87. The maximum Gasteiger partial charge on any atom is 0.315 e. The van der Waals surface area contributed by atoms with Crippen molar-refractivity contribution < 1.29 is 14.3 Å². The highest BCUT2D eigenvalue weighted by Gasteiger charge is 2.33. The molecular weight excluding hydrogens is 280 g/mol. The van der Waals surface area contributed by atoms with Crippen LogP contribution in [0.15, 0.2) is 48.5 Å². The predicted octanol–water partition coefficient (Wildman–Crippen LogP) is 2.80. The third kappa shape index (κ3) is 2.70. The average Bonchev–Trinajstić information content (AvgIpc) is 2.97. The molecule has 0 unspecified atom stereocenters. The van der Waals surface area contributed by atoms with Crippen LogP contribution in [0.3, 0.4) is 0 Å². The molecule has 114 valence electrons. The lowest BCUT2D eigenvalue weighted by atomic mass is 9.95. The first kappa shape index (κ1) is 14.3. The van der Waals surface area contributed by atoms with Crippen LogP contribution in [0.4, 0.5) is 4.79 Å². The number of ether oxygens (including phenoxy) is 2. The second-order valence-corrected chi connectivity index (χ2v) is 5.12. The zero-order valence-corrected chi connectivity index (χ0v) is 12.5. The van der Waals surface area contributed by atoms with Gasteiger partial charge >= 0.3 is 6.03 Å².